The molecule has 1 spiro atoms. The summed E-state index contributed by atoms with van der Waals surface area (Å²) in [5.74, 6) is 2.15. The van der Waals surface area contributed by atoms with Crippen LogP contribution in [-0.2, 0) is 11.2 Å². The lowest BCUT2D eigenvalue weighted by Crippen LogP contribution is -2.51. The normalized spacial score (nSPS) is 24.5. The Morgan fingerprint density at radius 3 is 3.17 bits per heavy atom. The second-order valence-electron chi connectivity index (χ2n) is 6.94. The number of carbonyl (C=O) groups excluding carboxylic acids is 1. The van der Waals surface area contributed by atoms with E-state index >= 15 is 0 Å². The largest absolute Gasteiger partial charge is 0.469 e. The predicted octanol–water partition coefficient (Wildman–Crippen LogP) is 1.78. The Bertz CT molecular complexity index is 570. The van der Waals surface area contributed by atoms with Crippen molar-refractivity contribution in [1.82, 2.24) is 15.5 Å². The summed E-state index contributed by atoms with van der Waals surface area (Å²) in [6.07, 6.45) is 6.46. The van der Waals surface area contributed by atoms with Gasteiger partial charge in [0.15, 0.2) is 5.96 Å². The van der Waals surface area contributed by atoms with E-state index in [1.807, 2.05) is 12.1 Å². The Balaban J connectivity index is 1.60. The van der Waals surface area contributed by atoms with Crippen molar-refractivity contribution in [1.29, 1.82) is 0 Å². The van der Waals surface area contributed by atoms with Crippen LogP contribution in [0.2, 0.25) is 0 Å². The van der Waals surface area contributed by atoms with Crippen LogP contribution in [0.5, 0.6) is 0 Å². The summed E-state index contributed by atoms with van der Waals surface area (Å²) in [6, 6.07) is 3.91. The third-order valence-electron chi connectivity index (χ3n) is 4.88. The van der Waals surface area contributed by atoms with Crippen molar-refractivity contribution in [3.63, 3.8) is 0 Å². The van der Waals surface area contributed by atoms with Gasteiger partial charge in [-0.1, -0.05) is 6.92 Å². The van der Waals surface area contributed by atoms with Crippen molar-refractivity contribution in [3.05, 3.63) is 24.2 Å². The van der Waals surface area contributed by atoms with E-state index in [0.29, 0.717) is 6.42 Å². The van der Waals surface area contributed by atoms with Crippen molar-refractivity contribution in [2.24, 2.45) is 10.4 Å². The molecule has 1 amide bonds. The first kappa shape index (κ1) is 16.9. The van der Waals surface area contributed by atoms with E-state index in [4.69, 9.17) is 9.41 Å². The molecule has 0 aliphatic carbocycles. The Hall–Kier alpha value is -1.98. The summed E-state index contributed by atoms with van der Waals surface area (Å²) in [4.78, 5) is 18.8. The number of nitrogens with one attached hydrogen (secondary N) is 2. The number of nitrogens with zero attached hydrogens (tertiary/aromatic N) is 2. The summed E-state index contributed by atoms with van der Waals surface area (Å²) in [5, 5.41) is 6.50. The maximum Gasteiger partial charge on any atom is 0.220 e. The molecule has 1 atom stereocenters. The zero-order chi connectivity index (χ0) is 16.8. The molecule has 24 heavy (non-hydrogen) atoms. The van der Waals surface area contributed by atoms with Crippen LogP contribution in [0.25, 0.3) is 0 Å². The molecule has 2 aliphatic rings. The third-order valence-corrected chi connectivity index (χ3v) is 4.88. The van der Waals surface area contributed by atoms with Crippen LogP contribution < -0.4 is 10.6 Å². The molecule has 6 nitrogen and oxygen atoms in total. The number of hydrogen-bond donors (Lipinski definition) is 2. The maximum absolute atomic E-state index is 11.7. The Morgan fingerprint density at radius 1 is 1.54 bits per heavy atom. The number of guanidine groups is 1. The molecule has 3 heterocycles. The molecule has 0 saturated carbocycles. The van der Waals surface area contributed by atoms with Crippen LogP contribution >= 0.6 is 0 Å². The highest BCUT2D eigenvalue weighted by atomic mass is 16.3. The molecule has 2 N–H and O–H groups in total. The fraction of sp³-hybridized carbons (Fsp3) is 0.667. The van der Waals surface area contributed by atoms with Crippen molar-refractivity contribution in [3.8, 4) is 0 Å². The number of rotatable bonds is 5. The number of furan rings is 1. The molecular formula is C18H28N4O2. The summed E-state index contributed by atoms with van der Waals surface area (Å²) < 4.78 is 5.39. The van der Waals surface area contributed by atoms with E-state index in [1.54, 1.807) is 6.26 Å². The van der Waals surface area contributed by atoms with Crippen LogP contribution in [0.15, 0.2) is 27.8 Å². The van der Waals surface area contributed by atoms with Crippen LogP contribution in [-0.4, -0.2) is 49.5 Å². The van der Waals surface area contributed by atoms with Crippen LogP contribution in [0.1, 0.15) is 38.4 Å². The molecule has 6 heteroatoms. The van der Waals surface area contributed by atoms with Gasteiger partial charge in [-0.05, 0) is 31.4 Å². The highest BCUT2D eigenvalue weighted by Gasteiger charge is 2.42. The molecular weight excluding hydrogens is 304 g/mol. The first-order chi connectivity index (χ1) is 11.7. The van der Waals surface area contributed by atoms with Crippen LogP contribution in [0.3, 0.4) is 0 Å². The predicted molar refractivity (Wildman–Crippen MR) is 93.9 cm³/mol. The quantitative estimate of drug-likeness (QED) is 0.637. The Labute approximate surface area is 143 Å². The van der Waals surface area contributed by atoms with E-state index < -0.39 is 0 Å². The minimum absolute atomic E-state index is 0.0883. The topological polar surface area (TPSA) is 69.9 Å². The molecule has 2 fully saturated rings. The van der Waals surface area contributed by atoms with Crippen molar-refractivity contribution >= 4 is 11.9 Å². The number of carbonyl (C=O) groups is 1. The minimum Gasteiger partial charge on any atom is -0.469 e. The number of piperidine rings is 1. The summed E-state index contributed by atoms with van der Waals surface area (Å²) in [7, 11) is 0. The van der Waals surface area contributed by atoms with Crippen LogP contribution in [0.4, 0.5) is 0 Å². The van der Waals surface area contributed by atoms with E-state index in [0.717, 1.165) is 70.1 Å². The summed E-state index contributed by atoms with van der Waals surface area (Å²) in [5.41, 5.74) is 0.0883. The number of aliphatic imine (C=N–C) groups is 1. The Morgan fingerprint density at radius 2 is 2.46 bits per heavy atom. The van der Waals surface area contributed by atoms with E-state index in [-0.39, 0.29) is 11.3 Å². The molecule has 2 aliphatic heterocycles. The lowest BCUT2D eigenvalue weighted by molar-refractivity contribution is -0.119. The van der Waals surface area contributed by atoms with Crippen molar-refractivity contribution in [2.75, 3.05) is 32.7 Å². The van der Waals surface area contributed by atoms with Crippen LogP contribution in [0, 0.1) is 5.41 Å². The first-order valence-electron chi connectivity index (χ1n) is 9.03. The number of amides is 1. The van der Waals surface area contributed by atoms with E-state index in [9.17, 15) is 4.79 Å². The second kappa shape index (κ2) is 7.73. The molecule has 3 rings (SSSR count). The molecule has 0 aromatic carbocycles. The van der Waals surface area contributed by atoms with Gasteiger partial charge in [0.25, 0.3) is 0 Å². The van der Waals surface area contributed by atoms with Gasteiger partial charge in [-0.15, -0.1) is 0 Å². The molecule has 1 aromatic rings. The average Bonchev–Trinajstić information content (AvgIpc) is 3.21. The van der Waals surface area contributed by atoms with Gasteiger partial charge in [-0.2, -0.15) is 0 Å². The monoisotopic (exact) mass is 332 g/mol. The van der Waals surface area contributed by atoms with E-state index in [1.165, 1.54) is 0 Å². The van der Waals surface area contributed by atoms with Gasteiger partial charge in [0, 0.05) is 51.0 Å². The van der Waals surface area contributed by atoms with Crippen molar-refractivity contribution < 1.29 is 9.21 Å². The van der Waals surface area contributed by atoms with Crippen molar-refractivity contribution in [2.45, 2.75) is 39.0 Å². The summed E-state index contributed by atoms with van der Waals surface area (Å²) >= 11 is 0. The molecule has 1 aromatic heterocycles. The lowest BCUT2D eigenvalue weighted by atomic mass is 9.79. The van der Waals surface area contributed by atoms with Gasteiger partial charge >= 0.3 is 0 Å². The minimum atomic E-state index is 0.0883. The standard InChI is InChI=1S/C18H28N4O2/c1-2-8-19-17(20-9-6-15-5-3-11-24-15)22-10-4-7-18(14-22)12-16(23)21-13-18/h3,5,11H,2,4,6-10,12-14H2,1H3,(H,19,20)(H,21,23). The van der Waals surface area contributed by atoms with E-state index in [2.05, 4.69) is 22.5 Å². The average molecular weight is 332 g/mol. The third kappa shape index (κ3) is 4.10. The Kier molecular flexibility index (Phi) is 5.43. The van der Waals surface area contributed by atoms with Gasteiger partial charge in [-0.25, -0.2) is 0 Å². The molecule has 2 saturated heterocycles. The van der Waals surface area contributed by atoms with Gasteiger partial charge in [0.05, 0.1) is 6.26 Å². The zero-order valence-electron chi connectivity index (χ0n) is 14.5. The fourth-order valence-electron chi connectivity index (χ4n) is 3.67. The zero-order valence-corrected chi connectivity index (χ0v) is 14.5. The van der Waals surface area contributed by atoms with Gasteiger partial charge < -0.3 is 20.0 Å². The molecule has 0 bridgehead atoms. The first-order valence-corrected chi connectivity index (χ1v) is 9.03. The lowest BCUT2D eigenvalue weighted by Gasteiger charge is -2.40. The highest BCUT2D eigenvalue weighted by Crippen LogP contribution is 2.35. The second-order valence-corrected chi connectivity index (χ2v) is 6.94. The fourth-order valence-corrected chi connectivity index (χ4v) is 3.67. The van der Waals surface area contributed by atoms with Gasteiger partial charge in [-0.3, -0.25) is 9.79 Å². The number of likely N-dealkylation sites (tertiary alicyclic amines) is 1. The maximum atomic E-state index is 11.7. The molecule has 1 unspecified atom stereocenters. The number of hydrogen-bond acceptors (Lipinski definition) is 3. The smallest absolute Gasteiger partial charge is 0.220 e. The highest BCUT2D eigenvalue weighted by molar-refractivity contribution is 5.81. The molecule has 132 valence electrons. The van der Waals surface area contributed by atoms with Gasteiger partial charge in [0.1, 0.15) is 5.76 Å². The molecule has 0 radical (unpaired) electrons. The SMILES string of the molecule is CCCN=C(NCCc1ccco1)N1CCCC2(CNC(=O)C2)C1. The summed E-state index contributed by atoms with van der Waals surface area (Å²) in [6.45, 7) is 6.48. The van der Waals surface area contributed by atoms with Gasteiger partial charge in [0.2, 0.25) is 5.91 Å².